The summed E-state index contributed by atoms with van der Waals surface area (Å²) >= 11 is 0. The molecule has 0 heterocycles. The quantitative estimate of drug-likeness (QED) is 0.524. The molecule has 0 fully saturated rings. The van der Waals surface area contributed by atoms with Crippen LogP contribution in [0.2, 0.25) is 0 Å². The summed E-state index contributed by atoms with van der Waals surface area (Å²) in [6, 6.07) is 0. The van der Waals surface area contributed by atoms with Gasteiger partial charge in [0.05, 0.1) is 0 Å². The third-order valence-electron chi connectivity index (χ3n) is 2.84. The number of allylic oxidation sites excluding steroid dienone is 1. The van der Waals surface area contributed by atoms with Gasteiger partial charge in [-0.1, -0.05) is 46.1 Å². The van der Waals surface area contributed by atoms with Crippen LogP contribution in [0.25, 0.3) is 0 Å². The monoisotopic (exact) mass is 182 g/mol. The first-order valence-corrected chi connectivity index (χ1v) is 5.57. The Bertz CT molecular complexity index is 144. The Kier molecular flexibility index (Phi) is 6.11. The van der Waals surface area contributed by atoms with Crippen molar-refractivity contribution in [3.05, 3.63) is 12.2 Å². The van der Waals surface area contributed by atoms with Gasteiger partial charge in [0.15, 0.2) is 0 Å². The van der Waals surface area contributed by atoms with E-state index < -0.39 is 0 Å². The molecule has 0 N–H and O–H groups in total. The zero-order chi connectivity index (χ0) is 10.4. The van der Waals surface area contributed by atoms with Crippen LogP contribution in [0.4, 0.5) is 0 Å². The summed E-state index contributed by atoms with van der Waals surface area (Å²) in [5, 5.41) is 0. The third-order valence-corrected chi connectivity index (χ3v) is 2.84. The van der Waals surface area contributed by atoms with E-state index >= 15 is 0 Å². The molecule has 0 saturated heterocycles. The minimum atomic E-state index is 0.802. The molecular weight excluding hydrogens is 156 g/mol. The van der Waals surface area contributed by atoms with Crippen molar-refractivity contribution in [2.75, 3.05) is 0 Å². The van der Waals surface area contributed by atoms with E-state index in [1.54, 1.807) is 0 Å². The minimum absolute atomic E-state index is 0.802. The molecule has 0 aromatic rings. The standard InChI is InChI=1S/C13H26/c1-10(2)7-8-12(5)13(6)9-11(3)4/h10,12-13H,3,7-9H2,1-2,4-6H3. The Hall–Kier alpha value is -0.260. The van der Waals surface area contributed by atoms with Gasteiger partial charge in [0.2, 0.25) is 0 Å². The average Bonchev–Trinajstić information content (AvgIpc) is 1.98. The molecule has 0 bridgehead atoms. The predicted molar refractivity (Wildman–Crippen MR) is 61.8 cm³/mol. The van der Waals surface area contributed by atoms with Crippen molar-refractivity contribution in [2.24, 2.45) is 17.8 Å². The highest BCUT2D eigenvalue weighted by molar-refractivity contribution is 4.90. The van der Waals surface area contributed by atoms with E-state index in [0.29, 0.717) is 0 Å². The fraction of sp³-hybridized carbons (Fsp3) is 0.846. The highest BCUT2D eigenvalue weighted by Gasteiger charge is 2.12. The Balaban J connectivity index is 3.68. The lowest BCUT2D eigenvalue weighted by atomic mass is 9.86. The van der Waals surface area contributed by atoms with E-state index in [0.717, 1.165) is 17.8 Å². The summed E-state index contributed by atoms with van der Waals surface area (Å²) in [7, 11) is 0. The zero-order valence-corrected chi connectivity index (χ0v) is 10.1. The molecule has 0 aliphatic rings. The van der Waals surface area contributed by atoms with Gasteiger partial charge in [-0.25, -0.2) is 0 Å². The molecule has 0 aromatic carbocycles. The molecule has 0 aromatic heterocycles. The molecule has 0 heteroatoms. The van der Waals surface area contributed by atoms with Crippen molar-refractivity contribution in [3.8, 4) is 0 Å². The molecular formula is C13H26. The SMILES string of the molecule is C=C(C)CC(C)C(C)CCC(C)C. The largest absolute Gasteiger partial charge is 0.100 e. The molecule has 0 aliphatic heterocycles. The average molecular weight is 182 g/mol. The Morgan fingerprint density at radius 2 is 1.54 bits per heavy atom. The molecule has 13 heavy (non-hydrogen) atoms. The topological polar surface area (TPSA) is 0 Å². The normalized spacial score (nSPS) is 15.8. The third kappa shape index (κ3) is 6.86. The van der Waals surface area contributed by atoms with Crippen molar-refractivity contribution in [1.29, 1.82) is 0 Å². The van der Waals surface area contributed by atoms with Gasteiger partial charge < -0.3 is 0 Å². The van der Waals surface area contributed by atoms with Crippen molar-refractivity contribution in [3.63, 3.8) is 0 Å². The molecule has 78 valence electrons. The van der Waals surface area contributed by atoms with Crippen LogP contribution in [0.3, 0.4) is 0 Å². The van der Waals surface area contributed by atoms with Crippen molar-refractivity contribution >= 4 is 0 Å². The molecule has 0 spiro atoms. The molecule has 0 saturated carbocycles. The van der Waals surface area contributed by atoms with Gasteiger partial charge in [0.1, 0.15) is 0 Å². The van der Waals surface area contributed by atoms with Crippen LogP contribution in [-0.4, -0.2) is 0 Å². The number of hydrogen-bond donors (Lipinski definition) is 0. The molecule has 0 radical (unpaired) electrons. The van der Waals surface area contributed by atoms with Crippen molar-refractivity contribution in [2.45, 2.75) is 53.9 Å². The fourth-order valence-corrected chi connectivity index (χ4v) is 1.63. The van der Waals surface area contributed by atoms with Crippen LogP contribution >= 0.6 is 0 Å². The van der Waals surface area contributed by atoms with E-state index in [9.17, 15) is 0 Å². The Morgan fingerprint density at radius 3 is 1.92 bits per heavy atom. The van der Waals surface area contributed by atoms with Gasteiger partial charge in [-0.3, -0.25) is 0 Å². The summed E-state index contributed by atoms with van der Waals surface area (Å²) in [4.78, 5) is 0. The number of rotatable bonds is 6. The molecule has 0 amide bonds. The lowest BCUT2D eigenvalue weighted by Crippen LogP contribution is -2.09. The van der Waals surface area contributed by atoms with E-state index in [2.05, 4.69) is 41.2 Å². The summed E-state index contributed by atoms with van der Waals surface area (Å²) in [5.74, 6) is 2.50. The second-order valence-corrected chi connectivity index (χ2v) is 5.09. The van der Waals surface area contributed by atoms with Crippen molar-refractivity contribution < 1.29 is 0 Å². The van der Waals surface area contributed by atoms with E-state index in [4.69, 9.17) is 0 Å². The second kappa shape index (κ2) is 6.23. The fourth-order valence-electron chi connectivity index (χ4n) is 1.63. The molecule has 0 aliphatic carbocycles. The maximum absolute atomic E-state index is 3.97. The van der Waals surface area contributed by atoms with Crippen LogP contribution in [-0.2, 0) is 0 Å². The molecule has 0 nitrogen and oxygen atoms in total. The lowest BCUT2D eigenvalue weighted by molar-refractivity contribution is 0.335. The number of hydrogen-bond acceptors (Lipinski definition) is 0. The first kappa shape index (κ1) is 12.7. The minimum Gasteiger partial charge on any atom is -0.100 e. The highest BCUT2D eigenvalue weighted by atomic mass is 14.2. The van der Waals surface area contributed by atoms with Gasteiger partial charge in [-0.05, 0) is 31.1 Å². The van der Waals surface area contributed by atoms with Gasteiger partial charge in [0, 0.05) is 0 Å². The van der Waals surface area contributed by atoms with E-state index in [-0.39, 0.29) is 0 Å². The zero-order valence-electron chi connectivity index (χ0n) is 10.1. The van der Waals surface area contributed by atoms with Crippen LogP contribution in [0, 0.1) is 17.8 Å². The van der Waals surface area contributed by atoms with Gasteiger partial charge in [-0.2, -0.15) is 0 Å². The smallest absolute Gasteiger partial charge is 0.0297 e. The Labute approximate surface area is 84.4 Å². The summed E-state index contributed by atoms with van der Waals surface area (Å²) in [5.41, 5.74) is 1.32. The Morgan fingerprint density at radius 1 is 1.00 bits per heavy atom. The highest BCUT2D eigenvalue weighted by Crippen LogP contribution is 2.24. The second-order valence-electron chi connectivity index (χ2n) is 5.09. The lowest BCUT2D eigenvalue weighted by Gasteiger charge is -2.20. The summed E-state index contributed by atoms with van der Waals surface area (Å²) in [6.45, 7) is 15.4. The van der Waals surface area contributed by atoms with Gasteiger partial charge in [-0.15, -0.1) is 6.58 Å². The van der Waals surface area contributed by atoms with E-state index in [1.165, 1.54) is 24.8 Å². The molecule has 2 unspecified atom stereocenters. The van der Waals surface area contributed by atoms with Gasteiger partial charge in [0.25, 0.3) is 0 Å². The van der Waals surface area contributed by atoms with Crippen LogP contribution in [0.1, 0.15) is 53.9 Å². The van der Waals surface area contributed by atoms with Crippen LogP contribution in [0.5, 0.6) is 0 Å². The predicted octanol–water partition coefficient (Wildman–Crippen LogP) is 4.66. The molecule has 0 rings (SSSR count). The van der Waals surface area contributed by atoms with Crippen LogP contribution in [0.15, 0.2) is 12.2 Å². The first-order chi connectivity index (χ1) is 5.93. The maximum atomic E-state index is 3.97. The van der Waals surface area contributed by atoms with Crippen LogP contribution < -0.4 is 0 Å². The maximum Gasteiger partial charge on any atom is -0.0297 e. The first-order valence-electron chi connectivity index (χ1n) is 5.57. The summed E-state index contributed by atoms with van der Waals surface area (Å²) in [6.07, 6.45) is 3.92. The van der Waals surface area contributed by atoms with E-state index in [1.807, 2.05) is 0 Å². The van der Waals surface area contributed by atoms with Gasteiger partial charge >= 0.3 is 0 Å². The van der Waals surface area contributed by atoms with Crippen molar-refractivity contribution in [1.82, 2.24) is 0 Å². The summed E-state index contributed by atoms with van der Waals surface area (Å²) < 4.78 is 0. The molecule has 2 atom stereocenters.